The van der Waals surface area contributed by atoms with Gasteiger partial charge < -0.3 is 5.32 Å². The Balaban J connectivity index is 2.47. The van der Waals surface area contributed by atoms with Crippen molar-refractivity contribution in [3.05, 3.63) is 72.4 Å². The maximum atomic E-state index is 11.4. The highest BCUT2D eigenvalue weighted by Gasteiger charge is 2.16. The van der Waals surface area contributed by atoms with Gasteiger partial charge in [0.05, 0.1) is 4.90 Å². The molecule has 0 bridgehead atoms. The second-order valence-corrected chi connectivity index (χ2v) is 5.70. The number of rotatable bonds is 5. The molecule has 0 aromatic heterocycles. The zero-order valence-corrected chi connectivity index (χ0v) is 11.6. The van der Waals surface area contributed by atoms with E-state index >= 15 is 0 Å². The first kappa shape index (κ1) is 14.3. The van der Waals surface area contributed by atoms with Gasteiger partial charge >= 0.3 is 0 Å². The molecule has 0 saturated carbocycles. The van der Waals surface area contributed by atoms with Crippen molar-refractivity contribution >= 4 is 15.8 Å². The van der Waals surface area contributed by atoms with Crippen molar-refractivity contribution in [1.82, 2.24) is 0 Å². The highest BCUT2D eigenvalue weighted by Crippen LogP contribution is 2.23. The molecule has 0 aliphatic heterocycles. The third-order valence-electron chi connectivity index (χ3n) is 2.84. The van der Waals surface area contributed by atoms with Crippen molar-refractivity contribution in [1.29, 1.82) is 0 Å². The number of nitrogens with one attached hydrogen (secondary N) is 1. The van der Waals surface area contributed by atoms with E-state index in [0.29, 0.717) is 12.0 Å². The fourth-order valence-electron chi connectivity index (χ4n) is 1.99. The Labute approximate surface area is 118 Å². The molecule has 0 radical (unpaired) electrons. The average molecular weight is 289 g/mol. The van der Waals surface area contributed by atoms with Crippen molar-refractivity contribution in [3.8, 4) is 0 Å². The Morgan fingerprint density at radius 1 is 1.15 bits per heavy atom. The summed E-state index contributed by atoms with van der Waals surface area (Å²) < 4.78 is 32.2. The van der Waals surface area contributed by atoms with Gasteiger partial charge in [-0.2, -0.15) is 8.42 Å². The maximum Gasteiger partial charge on any atom is 0.294 e. The lowest BCUT2D eigenvalue weighted by Gasteiger charge is -2.10. The molecule has 104 valence electrons. The first-order valence-corrected chi connectivity index (χ1v) is 7.46. The molecule has 2 N–H and O–H groups in total. The molecule has 0 atom stereocenters. The summed E-state index contributed by atoms with van der Waals surface area (Å²) in [5, 5.41) is 2.90. The Kier molecular flexibility index (Phi) is 4.22. The van der Waals surface area contributed by atoms with Crippen LogP contribution in [-0.2, 0) is 16.5 Å². The zero-order valence-electron chi connectivity index (χ0n) is 10.8. The first-order valence-electron chi connectivity index (χ1n) is 6.02. The van der Waals surface area contributed by atoms with Crippen LogP contribution in [0.4, 0.5) is 5.69 Å². The predicted molar refractivity (Wildman–Crippen MR) is 79.3 cm³/mol. The molecule has 0 aliphatic carbocycles. The molecule has 0 saturated heterocycles. The monoisotopic (exact) mass is 289 g/mol. The Morgan fingerprint density at radius 3 is 2.45 bits per heavy atom. The number of hydrogen-bond donors (Lipinski definition) is 2. The summed E-state index contributed by atoms with van der Waals surface area (Å²) in [5.74, 6) is 0. The third-order valence-corrected chi connectivity index (χ3v) is 3.80. The van der Waals surface area contributed by atoms with Crippen LogP contribution in [0.15, 0.2) is 66.2 Å². The summed E-state index contributed by atoms with van der Waals surface area (Å²) in [6.07, 6.45) is 1.93. The molecule has 0 amide bonds. The van der Waals surface area contributed by atoms with Gasteiger partial charge in [-0.3, -0.25) is 4.55 Å². The lowest BCUT2D eigenvalue weighted by atomic mass is 10.0. The lowest BCUT2D eigenvalue weighted by molar-refractivity contribution is 0.482. The number of anilines is 1. The summed E-state index contributed by atoms with van der Waals surface area (Å²) in [7, 11) is -4.24. The molecule has 0 spiro atoms. The minimum Gasteiger partial charge on any atom is -0.362 e. The van der Waals surface area contributed by atoms with Gasteiger partial charge in [-0.1, -0.05) is 36.9 Å². The summed E-state index contributed by atoms with van der Waals surface area (Å²) in [5.41, 5.74) is 2.22. The molecular weight excluding hydrogens is 274 g/mol. The normalized spacial score (nSPS) is 11.1. The molecular formula is C15H15NO3S. The smallest absolute Gasteiger partial charge is 0.294 e. The number of benzene rings is 2. The van der Waals surface area contributed by atoms with Gasteiger partial charge in [0.15, 0.2) is 0 Å². The second-order valence-electron chi connectivity index (χ2n) is 4.31. The van der Waals surface area contributed by atoms with Crippen molar-refractivity contribution in [3.63, 3.8) is 0 Å². The average Bonchev–Trinajstić information content (AvgIpc) is 2.39. The van der Waals surface area contributed by atoms with E-state index in [0.717, 1.165) is 11.3 Å². The van der Waals surface area contributed by atoms with Crippen molar-refractivity contribution in [2.24, 2.45) is 0 Å². The quantitative estimate of drug-likeness (QED) is 0.830. The highest BCUT2D eigenvalue weighted by atomic mass is 32.2. The molecule has 2 aromatic rings. The van der Waals surface area contributed by atoms with E-state index in [1.807, 2.05) is 30.3 Å². The SMILES string of the molecule is C=CNc1ccc(S(=O)(=O)O)c(Cc2ccccc2)c1. The molecule has 0 aliphatic rings. The van der Waals surface area contributed by atoms with Crippen LogP contribution in [0.3, 0.4) is 0 Å². The van der Waals surface area contributed by atoms with Crippen LogP contribution in [0.25, 0.3) is 0 Å². The van der Waals surface area contributed by atoms with Crippen LogP contribution in [0.2, 0.25) is 0 Å². The van der Waals surface area contributed by atoms with E-state index in [1.165, 1.54) is 12.3 Å². The van der Waals surface area contributed by atoms with E-state index in [2.05, 4.69) is 11.9 Å². The van der Waals surface area contributed by atoms with Crippen molar-refractivity contribution in [2.75, 3.05) is 5.32 Å². The first-order chi connectivity index (χ1) is 9.50. The van der Waals surface area contributed by atoms with E-state index in [1.54, 1.807) is 12.1 Å². The summed E-state index contributed by atoms with van der Waals surface area (Å²) in [6, 6.07) is 14.1. The zero-order chi connectivity index (χ0) is 14.6. The van der Waals surface area contributed by atoms with Gasteiger partial charge in [-0.25, -0.2) is 0 Å². The van der Waals surface area contributed by atoms with E-state index in [9.17, 15) is 13.0 Å². The number of hydrogen-bond acceptors (Lipinski definition) is 3. The van der Waals surface area contributed by atoms with Crippen molar-refractivity contribution in [2.45, 2.75) is 11.3 Å². The van der Waals surface area contributed by atoms with Crippen LogP contribution in [0, 0.1) is 0 Å². The maximum absolute atomic E-state index is 11.4. The molecule has 20 heavy (non-hydrogen) atoms. The molecule has 2 aromatic carbocycles. The van der Waals surface area contributed by atoms with Gasteiger partial charge in [0.1, 0.15) is 0 Å². The molecule has 4 nitrogen and oxygen atoms in total. The fraction of sp³-hybridized carbons (Fsp3) is 0.0667. The third kappa shape index (κ3) is 3.46. The van der Waals surface area contributed by atoms with Crippen LogP contribution >= 0.6 is 0 Å². The molecule has 0 fully saturated rings. The van der Waals surface area contributed by atoms with Crippen molar-refractivity contribution < 1.29 is 13.0 Å². The highest BCUT2D eigenvalue weighted by molar-refractivity contribution is 7.85. The summed E-state index contributed by atoms with van der Waals surface area (Å²) >= 11 is 0. The molecule has 0 heterocycles. The largest absolute Gasteiger partial charge is 0.362 e. The van der Waals surface area contributed by atoms with Crippen LogP contribution in [-0.4, -0.2) is 13.0 Å². The predicted octanol–water partition coefficient (Wildman–Crippen LogP) is 3.08. The Bertz CT molecular complexity index is 709. The second kappa shape index (κ2) is 5.90. The standard InChI is InChI=1S/C15H15NO3S/c1-2-16-14-8-9-15(20(17,18)19)13(11-14)10-12-6-4-3-5-7-12/h2-9,11,16H,1,10H2,(H,17,18,19). The molecule has 0 unspecified atom stereocenters. The van der Waals surface area contributed by atoms with Crippen LogP contribution in [0.5, 0.6) is 0 Å². The van der Waals surface area contributed by atoms with Crippen LogP contribution < -0.4 is 5.32 Å². The van der Waals surface area contributed by atoms with Gasteiger partial charge in [0.2, 0.25) is 0 Å². The Morgan fingerprint density at radius 2 is 1.85 bits per heavy atom. The summed E-state index contributed by atoms with van der Waals surface area (Å²) in [6.45, 7) is 3.56. The van der Waals surface area contributed by atoms with Gasteiger partial charge in [-0.15, -0.1) is 0 Å². The van der Waals surface area contributed by atoms with Gasteiger partial charge in [0, 0.05) is 5.69 Å². The minimum absolute atomic E-state index is 0.0732. The lowest BCUT2D eigenvalue weighted by Crippen LogP contribution is -2.04. The van der Waals surface area contributed by atoms with E-state index in [-0.39, 0.29) is 4.90 Å². The van der Waals surface area contributed by atoms with Gasteiger partial charge in [-0.05, 0) is 41.9 Å². The van der Waals surface area contributed by atoms with Gasteiger partial charge in [0.25, 0.3) is 10.1 Å². The van der Waals surface area contributed by atoms with Crippen LogP contribution in [0.1, 0.15) is 11.1 Å². The minimum atomic E-state index is -4.24. The topological polar surface area (TPSA) is 66.4 Å². The Hall–Kier alpha value is -2.11. The van der Waals surface area contributed by atoms with E-state index < -0.39 is 10.1 Å². The summed E-state index contributed by atoms with van der Waals surface area (Å²) in [4.78, 5) is -0.0732. The fourth-order valence-corrected chi connectivity index (χ4v) is 2.70. The molecule has 5 heteroatoms. The van der Waals surface area contributed by atoms with E-state index in [4.69, 9.17) is 0 Å². The molecule has 2 rings (SSSR count).